The average molecular weight is 328 g/mol. The summed E-state index contributed by atoms with van der Waals surface area (Å²) in [5.41, 5.74) is 1.19. The standard InChI is InChI=1S/C16H23BrFN/c1-19-15(9-12-5-3-2-4-6-12)10-13-7-8-14(18)11-16(13)17/h7-8,11-12,15,19H,2-6,9-10H2,1H3. The van der Waals surface area contributed by atoms with E-state index < -0.39 is 0 Å². The van der Waals surface area contributed by atoms with Crippen LogP contribution in [0.1, 0.15) is 44.1 Å². The van der Waals surface area contributed by atoms with Crippen LogP contribution in [0.25, 0.3) is 0 Å². The van der Waals surface area contributed by atoms with E-state index in [4.69, 9.17) is 0 Å². The number of nitrogens with one attached hydrogen (secondary N) is 1. The zero-order valence-electron chi connectivity index (χ0n) is 11.6. The summed E-state index contributed by atoms with van der Waals surface area (Å²) in [4.78, 5) is 0. The molecule has 1 atom stereocenters. The molecule has 0 aromatic heterocycles. The van der Waals surface area contributed by atoms with Gasteiger partial charge in [0.15, 0.2) is 0 Å². The van der Waals surface area contributed by atoms with E-state index in [-0.39, 0.29) is 5.82 Å². The average Bonchev–Trinajstić information content (AvgIpc) is 2.42. The Balaban J connectivity index is 1.94. The van der Waals surface area contributed by atoms with Gasteiger partial charge in [0.05, 0.1) is 0 Å². The maximum absolute atomic E-state index is 13.1. The number of hydrogen-bond acceptors (Lipinski definition) is 1. The fourth-order valence-corrected chi connectivity index (χ4v) is 3.59. The molecule has 1 unspecified atom stereocenters. The van der Waals surface area contributed by atoms with Crippen LogP contribution in [0.2, 0.25) is 0 Å². The first-order valence-electron chi connectivity index (χ1n) is 7.30. The lowest BCUT2D eigenvalue weighted by Gasteiger charge is -2.26. The van der Waals surface area contributed by atoms with Crippen LogP contribution >= 0.6 is 15.9 Å². The van der Waals surface area contributed by atoms with E-state index in [1.807, 2.05) is 13.1 Å². The molecule has 1 fully saturated rings. The Hall–Kier alpha value is -0.410. The van der Waals surface area contributed by atoms with Crippen molar-refractivity contribution in [1.29, 1.82) is 0 Å². The molecule has 106 valence electrons. The topological polar surface area (TPSA) is 12.0 Å². The van der Waals surface area contributed by atoms with Crippen molar-refractivity contribution in [3.8, 4) is 0 Å². The number of halogens is 2. The Morgan fingerprint density at radius 1 is 1.32 bits per heavy atom. The summed E-state index contributed by atoms with van der Waals surface area (Å²) in [7, 11) is 2.03. The molecule has 0 saturated heterocycles. The predicted octanol–water partition coefficient (Wildman–Crippen LogP) is 4.69. The second-order valence-corrected chi connectivity index (χ2v) is 6.52. The van der Waals surface area contributed by atoms with Crippen molar-refractivity contribution in [1.82, 2.24) is 5.32 Å². The first-order chi connectivity index (χ1) is 9.19. The van der Waals surface area contributed by atoms with Gasteiger partial charge in [-0.1, -0.05) is 54.1 Å². The second-order valence-electron chi connectivity index (χ2n) is 5.67. The molecular formula is C16H23BrFN. The molecule has 1 nitrogen and oxygen atoms in total. The largest absolute Gasteiger partial charge is 0.317 e. The van der Waals surface area contributed by atoms with Gasteiger partial charge in [-0.05, 0) is 43.5 Å². The van der Waals surface area contributed by atoms with Gasteiger partial charge in [-0.2, -0.15) is 0 Å². The number of hydrogen-bond donors (Lipinski definition) is 1. The van der Waals surface area contributed by atoms with Gasteiger partial charge in [-0.15, -0.1) is 0 Å². The van der Waals surface area contributed by atoms with Crippen LogP contribution < -0.4 is 5.32 Å². The number of likely N-dealkylation sites (N-methyl/N-ethyl adjacent to an activating group) is 1. The molecular weight excluding hydrogens is 305 g/mol. The minimum absolute atomic E-state index is 0.177. The van der Waals surface area contributed by atoms with E-state index in [1.54, 1.807) is 12.1 Å². The summed E-state index contributed by atoms with van der Waals surface area (Å²) in [5.74, 6) is 0.689. The summed E-state index contributed by atoms with van der Waals surface area (Å²) >= 11 is 3.46. The second kappa shape index (κ2) is 7.39. The van der Waals surface area contributed by atoms with Crippen LogP contribution in [0, 0.1) is 11.7 Å². The Kier molecular flexibility index (Phi) is 5.83. The van der Waals surface area contributed by atoms with Crippen LogP contribution in [-0.4, -0.2) is 13.1 Å². The van der Waals surface area contributed by atoms with Crippen molar-refractivity contribution in [2.24, 2.45) is 5.92 Å². The third-order valence-electron chi connectivity index (χ3n) is 4.23. The minimum Gasteiger partial charge on any atom is -0.317 e. The molecule has 3 heteroatoms. The van der Waals surface area contributed by atoms with Crippen molar-refractivity contribution >= 4 is 15.9 Å². The molecule has 0 radical (unpaired) electrons. The monoisotopic (exact) mass is 327 g/mol. The van der Waals surface area contributed by atoms with Crippen molar-refractivity contribution in [3.05, 3.63) is 34.1 Å². The Bertz CT molecular complexity index is 402. The van der Waals surface area contributed by atoms with Crippen molar-refractivity contribution in [3.63, 3.8) is 0 Å². The number of benzene rings is 1. The third kappa shape index (κ3) is 4.57. The Labute approximate surface area is 124 Å². The van der Waals surface area contributed by atoms with Gasteiger partial charge in [-0.3, -0.25) is 0 Å². The van der Waals surface area contributed by atoms with E-state index in [0.29, 0.717) is 6.04 Å². The minimum atomic E-state index is -0.177. The van der Waals surface area contributed by atoms with Crippen LogP contribution in [0.3, 0.4) is 0 Å². The Morgan fingerprint density at radius 2 is 2.05 bits per heavy atom. The molecule has 0 amide bonds. The van der Waals surface area contributed by atoms with Gasteiger partial charge in [0.25, 0.3) is 0 Å². The van der Waals surface area contributed by atoms with E-state index >= 15 is 0 Å². The summed E-state index contributed by atoms with van der Waals surface area (Å²) in [6.45, 7) is 0. The summed E-state index contributed by atoms with van der Waals surface area (Å²) in [6, 6.07) is 5.49. The van der Waals surface area contributed by atoms with Crippen molar-refractivity contribution in [2.45, 2.75) is 51.0 Å². The fourth-order valence-electron chi connectivity index (χ4n) is 3.08. The highest BCUT2D eigenvalue weighted by Gasteiger charge is 2.19. The number of rotatable bonds is 5. The van der Waals surface area contributed by atoms with Crippen LogP contribution in [0.4, 0.5) is 4.39 Å². The first kappa shape index (κ1) is 15.0. The molecule has 1 aliphatic carbocycles. The highest BCUT2D eigenvalue weighted by Crippen LogP contribution is 2.29. The maximum Gasteiger partial charge on any atom is 0.124 e. The van der Waals surface area contributed by atoms with E-state index in [2.05, 4.69) is 21.2 Å². The third-order valence-corrected chi connectivity index (χ3v) is 4.97. The van der Waals surface area contributed by atoms with Gasteiger partial charge in [0.2, 0.25) is 0 Å². The molecule has 0 heterocycles. The molecule has 1 aliphatic rings. The molecule has 0 bridgehead atoms. The van der Waals surface area contributed by atoms with E-state index in [1.165, 1.54) is 44.1 Å². The van der Waals surface area contributed by atoms with E-state index in [9.17, 15) is 4.39 Å². The lowest BCUT2D eigenvalue weighted by Crippen LogP contribution is -2.30. The molecule has 1 aromatic carbocycles. The molecule has 2 rings (SSSR count). The van der Waals surface area contributed by atoms with Crippen molar-refractivity contribution in [2.75, 3.05) is 7.05 Å². The molecule has 1 N–H and O–H groups in total. The predicted molar refractivity (Wildman–Crippen MR) is 81.8 cm³/mol. The SMILES string of the molecule is CNC(Cc1ccc(F)cc1Br)CC1CCCCC1. The Morgan fingerprint density at radius 3 is 2.68 bits per heavy atom. The normalized spacial score (nSPS) is 18.5. The summed E-state index contributed by atoms with van der Waals surface area (Å²) < 4.78 is 14.0. The zero-order valence-corrected chi connectivity index (χ0v) is 13.2. The van der Waals surface area contributed by atoms with Gasteiger partial charge < -0.3 is 5.32 Å². The lowest BCUT2D eigenvalue weighted by molar-refractivity contribution is 0.302. The summed E-state index contributed by atoms with van der Waals surface area (Å²) in [5, 5.41) is 3.43. The molecule has 1 aromatic rings. The van der Waals surface area contributed by atoms with Crippen LogP contribution in [0.5, 0.6) is 0 Å². The van der Waals surface area contributed by atoms with Gasteiger partial charge >= 0.3 is 0 Å². The van der Waals surface area contributed by atoms with Gasteiger partial charge in [0.1, 0.15) is 5.82 Å². The lowest BCUT2D eigenvalue weighted by atomic mass is 9.83. The van der Waals surface area contributed by atoms with Crippen LogP contribution in [-0.2, 0) is 6.42 Å². The quantitative estimate of drug-likeness (QED) is 0.827. The van der Waals surface area contributed by atoms with Gasteiger partial charge in [-0.25, -0.2) is 4.39 Å². The first-order valence-corrected chi connectivity index (χ1v) is 8.09. The smallest absolute Gasteiger partial charge is 0.124 e. The summed E-state index contributed by atoms with van der Waals surface area (Å²) in [6.07, 6.45) is 9.15. The molecule has 0 aliphatic heterocycles. The van der Waals surface area contributed by atoms with E-state index in [0.717, 1.165) is 16.8 Å². The molecule has 19 heavy (non-hydrogen) atoms. The van der Waals surface area contributed by atoms with Crippen LogP contribution in [0.15, 0.2) is 22.7 Å². The molecule has 0 spiro atoms. The van der Waals surface area contributed by atoms with Crippen molar-refractivity contribution < 1.29 is 4.39 Å². The zero-order chi connectivity index (χ0) is 13.7. The fraction of sp³-hybridized carbons (Fsp3) is 0.625. The maximum atomic E-state index is 13.1. The molecule has 1 saturated carbocycles. The highest BCUT2D eigenvalue weighted by atomic mass is 79.9. The van der Waals surface area contributed by atoms with Gasteiger partial charge in [0, 0.05) is 10.5 Å². The highest BCUT2D eigenvalue weighted by molar-refractivity contribution is 9.10.